The van der Waals surface area contributed by atoms with Crippen LogP contribution in [0.2, 0.25) is 5.02 Å². The summed E-state index contributed by atoms with van der Waals surface area (Å²) in [5.74, 6) is 0.319. The maximum atomic E-state index is 12.0. The summed E-state index contributed by atoms with van der Waals surface area (Å²) in [5, 5.41) is 7.01. The van der Waals surface area contributed by atoms with Crippen molar-refractivity contribution >= 4 is 45.6 Å². The first-order chi connectivity index (χ1) is 13.5. The van der Waals surface area contributed by atoms with Crippen LogP contribution < -0.4 is 10.7 Å². The predicted octanol–water partition coefficient (Wildman–Crippen LogP) is 4.24. The summed E-state index contributed by atoms with van der Waals surface area (Å²) >= 11 is 9.16. The molecule has 0 unspecified atom stereocenters. The van der Waals surface area contributed by atoms with Crippen LogP contribution in [0.25, 0.3) is 11.3 Å². The van der Waals surface area contributed by atoms with Gasteiger partial charge in [-0.05, 0) is 64.5 Å². The Balaban J connectivity index is 1.49. The molecule has 0 aliphatic carbocycles. The minimum atomic E-state index is -0.457. The quantitative estimate of drug-likeness (QED) is 0.426. The smallest absolute Gasteiger partial charge is 0.259 e. The molecule has 1 aromatic heterocycles. The highest BCUT2D eigenvalue weighted by Gasteiger charge is 2.10. The molecule has 0 spiro atoms. The van der Waals surface area contributed by atoms with E-state index < -0.39 is 5.91 Å². The third-order valence-electron chi connectivity index (χ3n) is 3.66. The summed E-state index contributed by atoms with van der Waals surface area (Å²) in [6.45, 7) is -0.203. The largest absolute Gasteiger partial charge is 0.455 e. The number of hydrogen-bond acceptors (Lipinski definition) is 4. The monoisotopic (exact) mass is 459 g/mol. The average Bonchev–Trinajstić information content (AvgIpc) is 3.16. The molecule has 2 aromatic carbocycles. The zero-order valence-electron chi connectivity index (χ0n) is 14.5. The van der Waals surface area contributed by atoms with Gasteiger partial charge < -0.3 is 9.73 Å². The molecule has 8 heteroatoms. The van der Waals surface area contributed by atoms with Crippen molar-refractivity contribution in [2.75, 3.05) is 6.54 Å². The van der Waals surface area contributed by atoms with Crippen LogP contribution in [0.4, 0.5) is 0 Å². The Kier molecular flexibility index (Phi) is 6.62. The van der Waals surface area contributed by atoms with Gasteiger partial charge in [0.25, 0.3) is 11.8 Å². The molecule has 142 valence electrons. The van der Waals surface area contributed by atoms with E-state index in [0.717, 1.165) is 5.56 Å². The van der Waals surface area contributed by atoms with Crippen molar-refractivity contribution in [2.24, 2.45) is 5.10 Å². The summed E-state index contributed by atoms with van der Waals surface area (Å²) < 4.78 is 6.29. The van der Waals surface area contributed by atoms with Gasteiger partial charge in [0.15, 0.2) is 0 Å². The van der Waals surface area contributed by atoms with E-state index in [1.54, 1.807) is 48.5 Å². The maximum Gasteiger partial charge on any atom is 0.259 e. The molecule has 0 aliphatic heterocycles. The summed E-state index contributed by atoms with van der Waals surface area (Å²) in [7, 11) is 0. The zero-order valence-corrected chi connectivity index (χ0v) is 16.8. The number of benzene rings is 2. The van der Waals surface area contributed by atoms with Gasteiger partial charge in [-0.3, -0.25) is 9.59 Å². The van der Waals surface area contributed by atoms with Gasteiger partial charge in [-0.15, -0.1) is 0 Å². The van der Waals surface area contributed by atoms with Crippen molar-refractivity contribution in [3.8, 4) is 11.3 Å². The van der Waals surface area contributed by atoms with E-state index in [0.29, 0.717) is 26.6 Å². The molecule has 3 aromatic rings. The number of carbonyl (C=O) groups excluding carboxylic acids is 2. The normalized spacial score (nSPS) is 10.8. The lowest BCUT2D eigenvalue weighted by atomic mass is 10.2. The lowest BCUT2D eigenvalue weighted by Crippen LogP contribution is -2.35. The average molecular weight is 461 g/mol. The Morgan fingerprint density at radius 2 is 1.82 bits per heavy atom. The van der Waals surface area contributed by atoms with Crippen molar-refractivity contribution in [3.63, 3.8) is 0 Å². The van der Waals surface area contributed by atoms with Crippen LogP contribution in [0.15, 0.2) is 74.7 Å². The fourth-order valence-electron chi connectivity index (χ4n) is 2.30. The predicted molar refractivity (Wildman–Crippen MR) is 111 cm³/mol. The highest BCUT2D eigenvalue weighted by Crippen LogP contribution is 2.23. The molecule has 0 aliphatic rings. The van der Waals surface area contributed by atoms with E-state index in [-0.39, 0.29) is 12.5 Å². The molecule has 0 atom stereocenters. The first kappa shape index (κ1) is 19.9. The molecule has 6 nitrogen and oxygen atoms in total. The number of carbonyl (C=O) groups is 2. The lowest BCUT2D eigenvalue weighted by molar-refractivity contribution is -0.120. The van der Waals surface area contributed by atoms with Crippen LogP contribution in [0.3, 0.4) is 0 Å². The molecule has 2 amide bonds. The van der Waals surface area contributed by atoms with Crippen LogP contribution in [0.1, 0.15) is 16.1 Å². The Morgan fingerprint density at radius 1 is 1.07 bits per heavy atom. The van der Waals surface area contributed by atoms with Gasteiger partial charge in [0.2, 0.25) is 0 Å². The molecule has 1 heterocycles. The summed E-state index contributed by atoms with van der Waals surface area (Å²) in [6, 6.07) is 17.7. The second-order valence-corrected chi connectivity index (χ2v) is 6.96. The van der Waals surface area contributed by atoms with Gasteiger partial charge >= 0.3 is 0 Å². The number of amides is 2. The van der Waals surface area contributed by atoms with Crippen LogP contribution in [0.5, 0.6) is 0 Å². The molecule has 0 radical (unpaired) electrons. The fraction of sp³-hybridized carbons (Fsp3) is 0.0500. The first-order valence-electron chi connectivity index (χ1n) is 8.23. The van der Waals surface area contributed by atoms with Crippen molar-refractivity contribution in [1.82, 2.24) is 10.7 Å². The van der Waals surface area contributed by atoms with E-state index in [1.165, 1.54) is 6.21 Å². The Morgan fingerprint density at radius 3 is 2.57 bits per heavy atom. The number of nitrogens with zero attached hydrogens (tertiary/aromatic N) is 1. The van der Waals surface area contributed by atoms with Crippen molar-refractivity contribution in [2.45, 2.75) is 0 Å². The van der Waals surface area contributed by atoms with Gasteiger partial charge in [-0.1, -0.05) is 23.7 Å². The minimum absolute atomic E-state index is 0.203. The zero-order chi connectivity index (χ0) is 19.9. The first-order valence-corrected chi connectivity index (χ1v) is 9.40. The SMILES string of the molecule is O=C(CNC(=O)c1ccccc1Br)N/N=C\c1ccc(-c2ccc(Cl)cc2)o1. The van der Waals surface area contributed by atoms with E-state index in [9.17, 15) is 9.59 Å². The molecule has 28 heavy (non-hydrogen) atoms. The van der Waals surface area contributed by atoms with Crippen LogP contribution >= 0.6 is 27.5 Å². The van der Waals surface area contributed by atoms with Crippen LogP contribution in [0, 0.1) is 0 Å². The van der Waals surface area contributed by atoms with Crippen molar-refractivity contribution in [3.05, 3.63) is 81.5 Å². The molecule has 0 saturated carbocycles. The second kappa shape index (κ2) is 9.34. The number of furan rings is 1. The molecule has 0 fully saturated rings. The Hall–Kier alpha value is -2.90. The number of halogens is 2. The summed E-state index contributed by atoms with van der Waals surface area (Å²) in [5.41, 5.74) is 3.66. The van der Waals surface area contributed by atoms with Crippen molar-refractivity contribution in [1.29, 1.82) is 0 Å². The van der Waals surface area contributed by atoms with E-state index >= 15 is 0 Å². The third-order valence-corrected chi connectivity index (χ3v) is 4.61. The Labute approximate surface area is 174 Å². The van der Waals surface area contributed by atoms with Gasteiger partial charge in [0, 0.05) is 15.1 Å². The molecule has 3 rings (SSSR count). The number of hydrazone groups is 1. The number of hydrogen-bond donors (Lipinski definition) is 2. The lowest BCUT2D eigenvalue weighted by Gasteiger charge is -2.05. The van der Waals surface area contributed by atoms with Crippen molar-refractivity contribution < 1.29 is 14.0 Å². The van der Waals surface area contributed by atoms with E-state index in [4.69, 9.17) is 16.0 Å². The third kappa shape index (κ3) is 5.31. The highest BCUT2D eigenvalue weighted by atomic mass is 79.9. The summed E-state index contributed by atoms with van der Waals surface area (Å²) in [6.07, 6.45) is 1.38. The highest BCUT2D eigenvalue weighted by molar-refractivity contribution is 9.10. The second-order valence-electron chi connectivity index (χ2n) is 5.66. The molecular formula is C20H15BrClN3O3. The number of nitrogens with one attached hydrogen (secondary N) is 2. The van der Waals surface area contributed by atoms with Crippen LogP contribution in [-0.2, 0) is 4.79 Å². The van der Waals surface area contributed by atoms with E-state index in [1.807, 2.05) is 12.1 Å². The van der Waals surface area contributed by atoms with Gasteiger partial charge in [-0.25, -0.2) is 5.43 Å². The van der Waals surface area contributed by atoms with Gasteiger partial charge in [-0.2, -0.15) is 5.10 Å². The van der Waals surface area contributed by atoms with Gasteiger partial charge in [0.1, 0.15) is 11.5 Å². The van der Waals surface area contributed by atoms with E-state index in [2.05, 4.69) is 31.8 Å². The summed E-state index contributed by atoms with van der Waals surface area (Å²) in [4.78, 5) is 23.9. The topological polar surface area (TPSA) is 83.7 Å². The molecular weight excluding hydrogens is 446 g/mol. The van der Waals surface area contributed by atoms with Crippen LogP contribution in [-0.4, -0.2) is 24.6 Å². The maximum absolute atomic E-state index is 12.0. The number of rotatable bonds is 6. The fourth-order valence-corrected chi connectivity index (χ4v) is 2.89. The Bertz CT molecular complexity index is 1020. The molecule has 0 bridgehead atoms. The minimum Gasteiger partial charge on any atom is -0.455 e. The standard InChI is InChI=1S/C20H15BrClN3O3/c21-17-4-2-1-3-16(17)20(27)23-12-19(26)25-24-11-15-9-10-18(28-15)13-5-7-14(22)8-6-13/h1-11H,12H2,(H,23,27)(H,25,26)/b24-11-. The molecule has 0 saturated heterocycles. The molecule has 2 N–H and O–H groups in total. The van der Waals surface area contributed by atoms with Gasteiger partial charge in [0.05, 0.1) is 18.3 Å².